The highest BCUT2D eigenvalue weighted by atomic mass is 16.5. The van der Waals surface area contributed by atoms with Crippen LogP contribution in [-0.2, 0) is 9.47 Å². The summed E-state index contributed by atoms with van der Waals surface area (Å²) in [6.07, 6.45) is 4.61. The molecule has 1 saturated heterocycles. The molecule has 1 aliphatic heterocycles. The number of aliphatic hydroxyl groups is 1. The minimum atomic E-state index is -0.699. The van der Waals surface area contributed by atoms with Crippen LogP contribution in [0.25, 0.3) is 0 Å². The van der Waals surface area contributed by atoms with Crippen molar-refractivity contribution >= 4 is 5.96 Å². The molecule has 0 radical (unpaired) electrons. The molecule has 0 atom stereocenters. The Morgan fingerprint density at radius 1 is 1.21 bits per heavy atom. The molecule has 0 bridgehead atoms. The van der Waals surface area contributed by atoms with Crippen LogP contribution < -0.4 is 10.6 Å². The van der Waals surface area contributed by atoms with E-state index in [0.717, 1.165) is 64.7 Å². The van der Waals surface area contributed by atoms with Gasteiger partial charge in [-0.15, -0.1) is 0 Å². The first-order valence-electron chi connectivity index (χ1n) is 9.53. The SMILES string of the molecule is CCNC(=NCC(O)(CC)CC)NCCCOCC1CCOCC1. The van der Waals surface area contributed by atoms with Crippen molar-refractivity contribution in [2.75, 3.05) is 46.1 Å². The molecule has 0 saturated carbocycles. The molecule has 0 aromatic carbocycles. The summed E-state index contributed by atoms with van der Waals surface area (Å²) >= 11 is 0. The number of hydrogen-bond acceptors (Lipinski definition) is 4. The van der Waals surface area contributed by atoms with Gasteiger partial charge in [0.1, 0.15) is 0 Å². The minimum absolute atomic E-state index is 0.426. The van der Waals surface area contributed by atoms with E-state index < -0.39 is 5.60 Å². The van der Waals surface area contributed by atoms with Crippen LogP contribution in [0.1, 0.15) is 52.9 Å². The molecule has 3 N–H and O–H groups in total. The standard InChI is InChI=1S/C18H37N3O3/c1-4-18(22,5-2)15-21-17(19-6-3)20-10-7-11-24-14-16-8-12-23-13-9-16/h16,22H,4-15H2,1-3H3,(H2,19,20,21). The molecule has 24 heavy (non-hydrogen) atoms. The van der Waals surface area contributed by atoms with E-state index in [1.54, 1.807) is 0 Å². The van der Waals surface area contributed by atoms with Gasteiger partial charge in [-0.25, -0.2) is 0 Å². The third-order valence-corrected chi connectivity index (χ3v) is 4.64. The smallest absolute Gasteiger partial charge is 0.191 e. The minimum Gasteiger partial charge on any atom is -0.388 e. The molecule has 0 unspecified atom stereocenters. The second-order valence-electron chi connectivity index (χ2n) is 6.54. The number of guanidine groups is 1. The van der Waals surface area contributed by atoms with Gasteiger partial charge in [-0.2, -0.15) is 0 Å². The number of hydrogen-bond donors (Lipinski definition) is 3. The van der Waals surface area contributed by atoms with Gasteiger partial charge in [0, 0.05) is 39.5 Å². The van der Waals surface area contributed by atoms with Crippen molar-refractivity contribution in [3.05, 3.63) is 0 Å². The highest BCUT2D eigenvalue weighted by Gasteiger charge is 2.21. The summed E-state index contributed by atoms with van der Waals surface area (Å²) in [5.41, 5.74) is -0.699. The zero-order valence-electron chi connectivity index (χ0n) is 15.8. The molecule has 142 valence electrons. The number of aliphatic imine (C=N–C) groups is 1. The van der Waals surface area contributed by atoms with E-state index in [4.69, 9.17) is 9.47 Å². The maximum atomic E-state index is 10.3. The third-order valence-electron chi connectivity index (χ3n) is 4.64. The molecule has 0 amide bonds. The number of nitrogens with one attached hydrogen (secondary N) is 2. The normalized spacial score (nSPS) is 17.1. The molecule has 0 aliphatic carbocycles. The van der Waals surface area contributed by atoms with Crippen molar-refractivity contribution in [3.63, 3.8) is 0 Å². The van der Waals surface area contributed by atoms with Crippen molar-refractivity contribution in [2.24, 2.45) is 10.9 Å². The van der Waals surface area contributed by atoms with Gasteiger partial charge in [0.15, 0.2) is 5.96 Å². The maximum Gasteiger partial charge on any atom is 0.191 e. The van der Waals surface area contributed by atoms with E-state index in [-0.39, 0.29) is 0 Å². The molecule has 0 aromatic rings. The Morgan fingerprint density at radius 2 is 1.92 bits per heavy atom. The fourth-order valence-electron chi connectivity index (χ4n) is 2.59. The Hall–Kier alpha value is -0.850. The van der Waals surface area contributed by atoms with Gasteiger partial charge in [-0.1, -0.05) is 13.8 Å². The van der Waals surface area contributed by atoms with Crippen LogP contribution in [0.2, 0.25) is 0 Å². The summed E-state index contributed by atoms with van der Waals surface area (Å²) in [7, 11) is 0. The molecule has 0 aromatic heterocycles. The molecule has 1 aliphatic rings. The summed E-state index contributed by atoms with van der Waals surface area (Å²) in [6.45, 7) is 11.4. The lowest BCUT2D eigenvalue weighted by atomic mass is 9.98. The number of rotatable bonds is 11. The Balaban J connectivity index is 2.18. The monoisotopic (exact) mass is 343 g/mol. The van der Waals surface area contributed by atoms with Gasteiger partial charge < -0.3 is 25.2 Å². The molecular formula is C18H37N3O3. The highest BCUT2D eigenvalue weighted by molar-refractivity contribution is 5.79. The van der Waals surface area contributed by atoms with Gasteiger partial charge in [0.2, 0.25) is 0 Å². The quantitative estimate of drug-likeness (QED) is 0.304. The molecule has 6 nitrogen and oxygen atoms in total. The van der Waals surface area contributed by atoms with Crippen molar-refractivity contribution in [1.82, 2.24) is 10.6 Å². The molecule has 1 fully saturated rings. The topological polar surface area (TPSA) is 75.1 Å². The van der Waals surface area contributed by atoms with Crippen LogP contribution in [0.5, 0.6) is 0 Å². The van der Waals surface area contributed by atoms with Crippen molar-refractivity contribution in [2.45, 2.75) is 58.5 Å². The summed E-state index contributed by atoms with van der Waals surface area (Å²) < 4.78 is 11.1. The predicted molar refractivity (Wildman–Crippen MR) is 98.5 cm³/mol. The van der Waals surface area contributed by atoms with Crippen molar-refractivity contribution in [1.29, 1.82) is 0 Å². The largest absolute Gasteiger partial charge is 0.388 e. The lowest BCUT2D eigenvalue weighted by Crippen LogP contribution is -2.40. The third kappa shape index (κ3) is 8.85. The van der Waals surface area contributed by atoms with Crippen LogP contribution >= 0.6 is 0 Å². The number of ether oxygens (including phenoxy) is 2. The first-order valence-corrected chi connectivity index (χ1v) is 9.53. The van der Waals surface area contributed by atoms with Crippen LogP contribution in [0.15, 0.2) is 4.99 Å². The summed E-state index contributed by atoms with van der Waals surface area (Å²) in [5, 5.41) is 16.8. The second kappa shape index (κ2) is 12.5. The van der Waals surface area contributed by atoms with Crippen LogP contribution in [0, 0.1) is 5.92 Å². The Labute approximate surface area is 147 Å². The van der Waals surface area contributed by atoms with E-state index in [1.807, 2.05) is 20.8 Å². The van der Waals surface area contributed by atoms with Crippen molar-refractivity contribution in [3.8, 4) is 0 Å². The Morgan fingerprint density at radius 3 is 2.54 bits per heavy atom. The van der Waals surface area contributed by atoms with Crippen molar-refractivity contribution < 1.29 is 14.6 Å². The van der Waals surface area contributed by atoms with Gasteiger partial charge in [-0.05, 0) is 44.9 Å². The molecule has 1 heterocycles. The lowest BCUT2D eigenvalue weighted by molar-refractivity contribution is 0.0203. The summed E-state index contributed by atoms with van der Waals surface area (Å²) in [5.74, 6) is 1.42. The maximum absolute atomic E-state index is 10.3. The Bertz CT molecular complexity index is 340. The van der Waals surface area contributed by atoms with Crippen LogP contribution in [0.3, 0.4) is 0 Å². The first-order chi connectivity index (χ1) is 11.6. The van der Waals surface area contributed by atoms with Gasteiger partial charge in [-0.3, -0.25) is 4.99 Å². The Kier molecular flexibility index (Phi) is 11.0. The van der Waals surface area contributed by atoms with Crippen LogP contribution in [-0.4, -0.2) is 62.7 Å². The molecular weight excluding hydrogens is 306 g/mol. The van der Waals surface area contributed by atoms with Gasteiger partial charge in [0.25, 0.3) is 0 Å². The predicted octanol–water partition coefficient (Wildman–Crippen LogP) is 1.93. The van der Waals surface area contributed by atoms with E-state index in [9.17, 15) is 5.11 Å². The second-order valence-corrected chi connectivity index (χ2v) is 6.54. The molecule has 1 rings (SSSR count). The highest BCUT2D eigenvalue weighted by Crippen LogP contribution is 2.15. The summed E-state index contributed by atoms with van der Waals surface area (Å²) in [6, 6.07) is 0. The van der Waals surface area contributed by atoms with Crippen LogP contribution in [0.4, 0.5) is 0 Å². The average Bonchev–Trinajstić information content (AvgIpc) is 2.63. The first kappa shape index (κ1) is 21.2. The van der Waals surface area contributed by atoms with Gasteiger partial charge >= 0.3 is 0 Å². The van der Waals surface area contributed by atoms with E-state index in [2.05, 4.69) is 15.6 Å². The zero-order valence-corrected chi connectivity index (χ0v) is 15.8. The fourth-order valence-corrected chi connectivity index (χ4v) is 2.59. The fraction of sp³-hybridized carbons (Fsp3) is 0.944. The number of nitrogens with zero attached hydrogens (tertiary/aromatic N) is 1. The van der Waals surface area contributed by atoms with E-state index in [0.29, 0.717) is 25.3 Å². The lowest BCUT2D eigenvalue weighted by Gasteiger charge is -2.23. The van der Waals surface area contributed by atoms with E-state index >= 15 is 0 Å². The molecule has 0 spiro atoms. The van der Waals surface area contributed by atoms with E-state index in [1.165, 1.54) is 0 Å². The summed E-state index contributed by atoms with van der Waals surface area (Å²) in [4.78, 5) is 4.51. The molecule has 6 heteroatoms. The van der Waals surface area contributed by atoms with Gasteiger partial charge in [0.05, 0.1) is 12.1 Å². The zero-order chi connectivity index (χ0) is 17.7. The average molecular weight is 344 g/mol.